The van der Waals surface area contributed by atoms with Crippen molar-refractivity contribution < 1.29 is 35.2 Å². The maximum Gasteiger partial charge on any atom is 0.455 e. The van der Waals surface area contributed by atoms with Gasteiger partial charge in [-0.3, -0.25) is 9.69 Å². The van der Waals surface area contributed by atoms with Crippen molar-refractivity contribution in [3.05, 3.63) is 54.1 Å². The van der Waals surface area contributed by atoms with Gasteiger partial charge < -0.3 is 5.73 Å². The minimum absolute atomic E-state index is 0.0391. The van der Waals surface area contributed by atoms with Gasteiger partial charge in [-0.1, -0.05) is 50.2 Å². The van der Waals surface area contributed by atoms with Gasteiger partial charge >= 0.3 is 12.1 Å². The van der Waals surface area contributed by atoms with Crippen molar-refractivity contribution in [1.29, 1.82) is 5.26 Å². The fourth-order valence-electron chi connectivity index (χ4n) is 4.16. The molecule has 0 saturated carbocycles. The summed E-state index contributed by atoms with van der Waals surface area (Å²) in [6, 6.07) is 7.40. The van der Waals surface area contributed by atoms with Crippen LogP contribution in [0.2, 0.25) is 0 Å². The zero-order valence-corrected chi connectivity index (χ0v) is 22.2. The van der Waals surface area contributed by atoms with Gasteiger partial charge in [-0.15, -0.1) is 0 Å². The number of hydrogen-bond donors (Lipinski definition) is 1. The van der Waals surface area contributed by atoms with Gasteiger partial charge in [0, 0.05) is 0 Å². The third-order valence-electron chi connectivity index (χ3n) is 6.10. The summed E-state index contributed by atoms with van der Waals surface area (Å²) in [7, 11) is -3.66. The summed E-state index contributed by atoms with van der Waals surface area (Å²) in [5, 5.41) is 8.64. The van der Waals surface area contributed by atoms with Crippen LogP contribution in [0.5, 0.6) is 0 Å². The second-order valence-electron chi connectivity index (χ2n) is 9.61. The van der Waals surface area contributed by atoms with Crippen LogP contribution >= 0.6 is 0 Å². The first-order chi connectivity index (χ1) is 17.5. The molecule has 0 fully saturated rings. The molecule has 208 valence electrons. The number of carbonyl (C=O) groups is 1. The van der Waals surface area contributed by atoms with E-state index in [1.165, 1.54) is 56.3 Å². The van der Waals surface area contributed by atoms with Crippen molar-refractivity contribution in [1.82, 2.24) is 4.90 Å². The van der Waals surface area contributed by atoms with Crippen LogP contribution < -0.4 is 5.73 Å². The molecule has 2 atom stereocenters. The van der Waals surface area contributed by atoms with E-state index in [4.69, 9.17) is 5.73 Å². The molecule has 0 aliphatic heterocycles. The van der Waals surface area contributed by atoms with E-state index >= 15 is 8.78 Å². The molecule has 0 bridgehead atoms. The molecular formula is C26H30F5N3O3S. The number of benzene rings is 2. The van der Waals surface area contributed by atoms with E-state index in [0.29, 0.717) is 4.90 Å². The zero-order valence-electron chi connectivity index (χ0n) is 21.3. The topological polar surface area (TPSA) is 104 Å². The van der Waals surface area contributed by atoms with E-state index in [2.05, 4.69) is 0 Å². The fourth-order valence-corrected chi connectivity index (χ4v) is 5.22. The summed E-state index contributed by atoms with van der Waals surface area (Å²) >= 11 is 0. The van der Waals surface area contributed by atoms with E-state index in [1.807, 2.05) is 0 Å². The monoisotopic (exact) mass is 559 g/mol. The van der Waals surface area contributed by atoms with Crippen molar-refractivity contribution in [3.8, 4) is 17.2 Å². The quantitative estimate of drug-likeness (QED) is 0.289. The Kier molecular flexibility index (Phi) is 9.67. The predicted octanol–water partition coefficient (Wildman–Crippen LogP) is 5.50. The summed E-state index contributed by atoms with van der Waals surface area (Å²) in [6.45, 7) is 5.31. The number of primary amides is 1. The molecule has 0 aliphatic rings. The van der Waals surface area contributed by atoms with Gasteiger partial charge in [-0.2, -0.15) is 27.2 Å². The number of amides is 1. The molecule has 0 saturated heterocycles. The van der Waals surface area contributed by atoms with Gasteiger partial charge in [-0.25, -0.2) is 8.42 Å². The highest BCUT2D eigenvalue weighted by Crippen LogP contribution is 2.50. The van der Waals surface area contributed by atoms with Gasteiger partial charge in [-0.05, 0) is 55.0 Å². The van der Waals surface area contributed by atoms with E-state index in [1.54, 1.807) is 19.9 Å². The Morgan fingerprint density at radius 3 is 2.00 bits per heavy atom. The first kappa shape index (κ1) is 31.2. The molecule has 2 rings (SSSR count). The first-order valence-corrected chi connectivity index (χ1v) is 13.3. The van der Waals surface area contributed by atoms with Gasteiger partial charge in [0.25, 0.3) is 0 Å². The van der Waals surface area contributed by atoms with E-state index in [9.17, 15) is 31.6 Å². The summed E-state index contributed by atoms with van der Waals surface area (Å²) in [6.07, 6.45) is -6.20. The van der Waals surface area contributed by atoms with Crippen LogP contribution in [0.15, 0.2) is 53.4 Å². The maximum atomic E-state index is 15.3. The van der Waals surface area contributed by atoms with Crippen molar-refractivity contribution in [3.63, 3.8) is 0 Å². The second-order valence-corrected chi connectivity index (χ2v) is 12.1. The maximum absolute atomic E-state index is 15.3. The largest absolute Gasteiger partial charge is 0.455 e. The minimum atomic E-state index is -6.03. The molecule has 2 N–H and O–H groups in total. The van der Waals surface area contributed by atoms with Crippen molar-refractivity contribution in [2.75, 3.05) is 6.54 Å². The summed E-state index contributed by atoms with van der Waals surface area (Å²) in [5.41, 5.74) is 5.06. The highest BCUT2D eigenvalue weighted by molar-refractivity contribution is 7.92. The van der Waals surface area contributed by atoms with Gasteiger partial charge in [0.2, 0.25) is 5.91 Å². The number of hydrogen-bond acceptors (Lipinski definition) is 5. The van der Waals surface area contributed by atoms with Crippen molar-refractivity contribution >= 4 is 15.7 Å². The Morgan fingerprint density at radius 1 is 1.00 bits per heavy atom. The zero-order chi connectivity index (χ0) is 29.1. The van der Waals surface area contributed by atoms with Crippen LogP contribution in [0.1, 0.15) is 45.7 Å². The highest BCUT2D eigenvalue weighted by Gasteiger charge is 2.65. The molecule has 2 aromatic carbocycles. The fraction of sp³-hybridized carbons (Fsp3) is 0.462. The van der Waals surface area contributed by atoms with Gasteiger partial charge in [0.1, 0.15) is 6.04 Å². The average Bonchev–Trinajstić information content (AvgIpc) is 2.81. The SMILES string of the molecule is CC(C)C[C@@H](C(N)=O)N(CC#N)[C@@H](c1ccccc1-c1ccc(S(=O)(=O)C(C)C)cc1)C(F)(F)C(F)(F)F. The Hall–Kier alpha value is -3.04. The molecule has 2 aromatic rings. The third kappa shape index (κ3) is 6.50. The standard InChI is InChI=1S/C26H30F5N3O3S/c1-16(2)15-22(24(33)35)34(14-13-32)23(25(27,28)26(29,30)31)21-8-6-5-7-20(21)18-9-11-19(12-10-18)38(36,37)17(3)4/h5-12,16-17,22-23H,14-15H2,1-4H3,(H2,33,35)/t22-,23-/m0/s1. The number of nitrogens with two attached hydrogens (primary N) is 1. The van der Waals surface area contributed by atoms with Crippen molar-refractivity contribution in [2.45, 2.75) is 68.4 Å². The lowest BCUT2D eigenvalue weighted by molar-refractivity contribution is -0.306. The molecule has 1 amide bonds. The Bertz CT molecular complexity index is 1270. The number of nitriles is 1. The molecule has 6 nitrogen and oxygen atoms in total. The lowest BCUT2D eigenvalue weighted by Gasteiger charge is -2.41. The van der Waals surface area contributed by atoms with Gasteiger partial charge in [0.05, 0.1) is 28.8 Å². The number of sulfone groups is 1. The molecule has 0 unspecified atom stereocenters. The van der Waals surface area contributed by atoms with Crippen LogP contribution in [0, 0.1) is 17.2 Å². The molecule has 0 heterocycles. The van der Waals surface area contributed by atoms with Crippen LogP contribution in [0.25, 0.3) is 11.1 Å². The lowest BCUT2D eigenvalue weighted by Crippen LogP contribution is -2.56. The molecule has 12 heteroatoms. The number of carbonyl (C=O) groups excluding carboxylic acids is 1. The Morgan fingerprint density at radius 2 is 1.55 bits per heavy atom. The number of rotatable bonds is 11. The second kappa shape index (κ2) is 11.8. The summed E-state index contributed by atoms with van der Waals surface area (Å²) in [4.78, 5) is 12.8. The van der Waals surface area contributed by atoms with E-state index in [-0.39, 0.29) is 28.4 Å². The average molecular weight is 560 g/mol. The van der Waals surface area contributed by atoms with Crippen LogP contribution in [-0.4, -0.2) is 49.2 Å². The molecule has 0 radical (unpaired) electrons. The molecule has 0 aromatic heterocycles. The van der Waals surface area contributed by atoms with E-state index < -0.39 is 57.3 Å². The molecular weight excluding hydrogens is 529 g/mol. The van der Waals surface area contributed by atoms with Crippen LogP contribution in [0.3, 0.4) is 0 Å². The normalized spacial score (nSPS) is 14.5. The first-order valence-electron chi connectivity index (χ1n) is 11.8. The smallest absolute Gasteiger partial charge is 0.368 e. The van der Waals surface area contributed by atoms with Crippen molar-refractivity contribution in [2.24, 2.45) is 11.7 Å². The van der Waals surface area contributed by atoms with Crippen LogP contribution in [0.4, 0.5) is 22.0 Å². The number of alkyl halides is 5. The van der Waals surface area contributed by atoms with Crippen LogP contribution in [-0.2, 0) is 14.6 Å². The molecule has 0 aliphatic carbocycles. The Balaban J connectivity index is 2.84. The summed E-state index contributed by atoms with van der Waals surface area (Å²) in [5.74, 6) is -6.86. The van der Waals surface area contributed by atoms with E-state index in [0.717, 1.165) is 6.07 Å². The minimum Gasteiger partial charge on any atom is -0.368 e. The lowest BCUT2D eigenvalue weighted by atomic mass is 9.88. The van der Waals surface area contributed by atoms with Gasteiger partial charge in [0.15, 0.2) is 9.84 Å². The summed E-state index contributed by atoms with van der Waals surface area (Å²) < 4.78 is 97.1. The Labute approximate surface area is 219 Å². The number of halogens is 5. The number of nitrogens with zero attached hydrogens (tertiary/aromatic N) is 2. The highest BCUT2D eigenvalue weighted by atomic mass is 32.2. The third-order valence-corrected chi connectivity index (χ3v) is 8.27. The molecule has 0 spiro atoms. The predicted molar refractivity (Wildman–Crippen MR) is 133 cm³/mol. The molecule has 38 heavy (non-hydrogen) atoms.